The van der Waals surface area contributed by atoms with Crippen LogP contribution in [0, 0.1) is 18.6 Å². The van der Waals surface area contributed by atoms with E-state index in [4.69, 9.17) is 0 Å². The lowest BCUT2D eigenvalue weighted by atomic mass is 10.1. The summed E-state index contributed by atoms with van der Waals surface area (Å²) >= 11 is 0. The van der Waals surface area contributed by atoms with Gasteiger partial charge in [-0.15, -0.1) is 0 Å². The summed E-state index contributed by atoms with van der Waals surface area (Å²) < 4.78 is 26.3. The van der Waals surface area contributed by atoms with E-state index in [1.165, 1.54) is 19.3 Å². The second-order valence-electron chi connectivity index (χ2n) is 6.67. The Balaban J connectivity index is 1.46. The Hall–Kier alpha value is -2.97. The molecule has 2 amide bonds. The summed E-state index contributed by atoms with van der Waals surface area (Å²) in [4.78, 5) is 23.0. The van der Waals surface area contributed by atoms with Crippen LogP contribution < -0.4 is 20.9 Å². The SMILES string of the molecule is Cc1nc(NCCNC(=O)Nc2cc(F)cc(F)c2)cc(N2CCCCC2)n1. The maximum atomic E-state index is 13.1. The van der Waals surface area contributed by atoms with Gasteiger partial charge in [-0.3, -0.25) is 0 Å². The van der Waals surface area contributed by atoms with E-state index in [1.807, 2.05) is 13.0 Å². The van der Waals surface area contributed by atoms with Crippen molar-refractivity contribution in [2.75, 3.05) is 41.7 Å². The molecular formula is C19H24F2N6O. The lowest BCUT2D eigenvalue weighted by Gasteiger charge is -2.28. The summed E-state index contributed by atoms with van der Waals surface area (Å²) in [5.41, 5.74) is 0.0561. The van der Waals surface area contributed by atoms with Crippen molar-refractivity contribution in [3.05, 3.63) is 41.7 Å². The molecule has 3 N–H and O–H groups in total. The van der Waals surface area contributed by atoms with Crippen molar-refractivity contribution in [1.82, 2.24) is 15.3 Å². The zero-order valence-electron chi connectivity index (χ0n) is 15.8. The van der Waals surface area contributed by atoms with E-state index in [0.717, 1.165) is 37.1 Å². The van der Waals surface area contributed by atoms with E-state index in [-0.39, 0.29) is 5.69 Å². The highest BCUT2D eigenvalue weighted by molar-refractivity contribution is 5.89. The highest BCUT2D eigenvalue weighted by atomic mass is 19.1. The van der Waals surface area contributed by atoms with Gasteiger partial charge in [0.25, 0.3) is 0 Å². The zero-order chi connectivity index (χ0) is 19.9. The molecule has 1 saturated heterocycles. The topological polar surface area (TPSA) is 82.2 Å². The standard InChI is InChI=1S/C19H24F2N6O/c1-13-24-17(12-18(25-13)27-7-3-2-4-8-27)22-5-6-23-19(28)26-16-10-14(20)9-15(21)11-16/h9-12H,2-8H2,1H3,(H,22,24,25)(H2,23,26,28). The summed E-state index contributed by atoms with van der Waals surface area (Å²) in [6.45, 7) is 4.60. The molecule has 1 aliphatic heterocycles. The third-order valence-electron chi connectivity index (χ3n) is 4.34. The first-order valence-electron chi connectivity index (χ1n) is 9.35. The Labute approximate surface area is 162 Å². The van der Waals surface area contributed by atoms with Crippen molar-refractivity contribution in [1.29, 1.82) is 0 Å². The molecule has 0 radical (unpaired) electrons. The number of rotatable bonds is 6. The molecule has 2 heterocycles. The molecule has 0 saturated carbocycles. The number of carbonyl (C=O) groups is 1. The van der Waals surface area contributed by atoms with Gasteiger partial charge in [-0.2, -0.15) is 0 Å². The molecule has 0 spiro atoms. The van der Waals surface area contributed by atoms with Gasteiger partial charge < -0.3 is 20.9 Å². The number of urea groups is 1. The number of hydrogen-bond donors (Lipinski definition) is 3. The molecule has 1 aromatic carbocycles. The number of aryl methyl sites for hydroxylation is 1. The van der Waals surface area contributed by atoms with Crippen LogP contribution in [0.15, 0.2) is 24.3 Å². The summed E-state index contributed by atoms with van der Waals surface area (Å²) in [6.07, 6.45) is 3.59. The minimum atomic E-state index is -0.749. The first kappa shape index (κ1) is 19.8. The zero-order valence-corrected chi connectivity index (χ0v) is 15.8. The highest BCUT2D eigenvalue weighted by Crippen LogP contribution is 2.20. The molecule has 0 bridgehead atoms. The van der Waals surface area contributed by atoms with Gasteiger partial charge in [0.2, 0.25) is 0 Å². The fourth-order valence-electron chi connectivity index (χ4n) is 3.10. The third-order valence-corrected chi connectivity index (χ3v) is 4.34. The van der Waals surface area contributed by atoms with Crippen LogP contribution in [0.2, 0.25) is 0 Å². The maximum Gasteiger partial charge on any atom is 0.319 e. The van der Waals surface area contributed by atoms with Crippen molar-refractivity contribution < 1.29 is 13.6 Å². The molecule has 9 heteroatoms. The van der Waals surface area contributed by atoms with Crippen molar-refractivity contribution >= 4 is 23.4 Å². The number of anilines is 3. The van der Waals surface area contributed by atoms with E-state index in [1.54, 1.807) is 0 Å². The number of carbonyl (C=O) groups excluding carboxylic acids is 1. The second-order valence-corrected chi connectivity index (χ2v) is 6.67. The fraction of sp³-hybridized carbons (Fsp3) is 0.421. The Bertz CT molecular complexity index is 806. The number of nitrogens with one attached hydrogen (secondary N) is 3. The number of halogens is 2. The molecule has 28 heavy (non-hydrogen) atoms. The highest BCUT2D eigenvalue weighted by Gasteiger charge is 2.13. The Kier molecular flexibility index (Phi) is 6.57. The smallest absolute Gasteiger partial charge is 0.319 e. The normalized spacial score (nSPS) is 13.9. The van der Waals surface area contributed by atoms with Crippen LogP contribution in [0.1, 0.15) is 25.1 Å². The van der Waals surface area contributed by atoms with Gasteiger partial charge >= 0.3 is 6.03 Å². The van der Waals surface area contributed by atoms with E-state index < -0.39 is 17.7 Å². The van der Waals surface area contributed by atoms with Crippen molar-refractivity contribution in [3.63, 3.8) is 0 Å². The largest absolute Gasteiger partial charge is 0.368 e. The molecule has 7 nitrogen and oxygen atoms in total. The quantitative estimate of drug-likeness (QED) is 0.660. The molecule has 1 fully saturated rings. The van der Waals surface area contributed by atoms with E-state index in [9.17, 15) is 13.6 Å². The average Bonchev–Trinajstić information content (AvgIpc) is 2.65. The number of benzene rings is 1. The van der Waals surface area contributed by atoms with Gasteiger partial charge in [0.05, 0.1) is 0 Å². The summed E-state index contributed by atoms with van der Waals surface area (Å²) in [5, 5.41) is 8.18. The van der Waals surface area contributed by atoms with Gasteiger partial charge in [0, 0.05) is 44.0 Å². The minimum absolute atomic E-state index is 0.0561. The van der Waals surface area contributed by atoms with Crippen LogP contribution in [-0.2, 0) is 0 Å². The van der Waals surface area contributed by atoms with Crippen molar-refractivity contribution in [2.24, 2.45) is 0 Å². The Morgan fingerprint density at radius 2 is 1.75 bits per heavy atom. The van der Waals surface area contributed by atoms with Crippen LogP contribution in [0.5, 0.6) is 0 Å². The lowest BCUT2D eigenvalue weighted by molar-refractivity contribution is 0.252. The van der Waals surface area contributed by atoms with Crippen LogP contribution in [0.4, 0.5) is 30.9 Å². The summed E-state index contributed by atoms with van der Waals surface area (Å²) in [7, 11) is 0. The molecule has 0 aliphatic carbocycles. The van der Waals surface area contributed by atoms with Gasteiger partial charge in [0.15, 0.2) is 0 Å². The van der Waals surface area contributed by atoms with Crippen LogP contribution in [0.25, 0.3) is 0 Å². The predicted octanol–water partition coefficient (Wildman–Crippen LogP) is 3.29. The Morgan fingerprint density at radius 1 is 1.04 bits per heavy atom. The predicted molar refractivity (Wildman–Crippen MR) is 105 cm³/mol. The van der Waals surface area contributed by atoms with Crippen molar-refractivity contribution in [3.8, 4) is 0 Å². The van der Waals surface area contributed by atoms with E-state index in [2.05, 4.69) is 30.8 Å². The van der Waals surface area contributed by atoms with Gasteiger partial charge in [-0.1, -0.05) is 0 Å². The van der Waals surface area contributed by atoms with E-state index in [0.29, 0.717) is 24.7 Å². The number of nitrogens with zero attached hydrogens (tertiary/aromatic N) is 3. The maximum absolute atomic E-state index is 13.1. The van der Waals surface area contributed by atoms with Crippen LogP contribution >= 0.6 is 0 Å². The van der Waals surface area contributed by atoms with Crippen LogP contribution in [0.3, 0.4) is 0 Å². The van der Waals surface area contributed by atoms with Crippen LogP contribution in [-0.4, -0.2) is 42.2 Å². The lowest BCUT2D eigenvalue weighted by Crippen LogP contribution is -2.33. The second kappa shape index (κ2) is 9.29. The van der Waals surface area contributed by atoms with Crippen molar-refractivity contribution in [2.45, 2.75) is 26.2 Å². The molecule has 150 valence electrons. The minimum Gasteiger partial charge on any atom is -0.368 e. The number of amides is 2. The monoisotopic (exact) mass is 390 g/mol. The molecule has 0 atom stereocenters. The number of aromatic nitrogens is 2. The summed E-state index contributed by atoms with van der Waals surface area (Å²) in [5.74, 6) is 0.793. The first-order valence-corrected chi connectivity index (χ1v) is 9.35. The summed E-state index contributed by atoms with van der Waals surface area (Å²) in [6, 6.07) is 4.21. The molecule has 2 aromatic rings. The van der Waals surface area contributed by atoms with Gasteiger partial charge in [0.1, 0.15) is 29.1 Å². The number of piperidine rings is 1. The number of hydrogen-bond acceptors (Lipinski definition) is 5. The molecule has 1 aromatic heterocycles. The molecule has 1 aliphatic rings. The molecular weight excluding hydrogens is 366 g/mol. The average molecular weight is 390 g/mol. The molecule has 0 unspecified atom stereocenters. The first-order chi connectivity index (χ1) is 13.5. The third kappa shape index (κ3) is 5.77. The molecule has 3 rings (SSSR count). The van der Waals surface area contributed by atoms with E-state index >= 15 is 0 Å². The fourth-order valence-corrected chi connectivity index (χ4v) is 3.10. The van der Waals surface area contributed by atoms with Gasteiger partial charge in [-0.05, 0) is 38.3 Å². The Morgan fingerprint density at radius 3 is 2.46 bits per heavy atom. The van der Waals surface area contributed by atoms with Gasteiger partial charge in [-0.25, -0.2) is 23.5 Å².